The normalized spacial score (nSPS) is 19.2. The van der Waals surface area contributed by atoms with E-state index >= 15 is 0 Å². The summed E-state index contributed by atoms with van der Waals surface area (Å²) in [6, 6.07) is 5.34. The van der Waals surface area contributed by atoms with Crippen molar-refractivity contribution in [3.05, 3.63) is 34.9 Å². The molecule has 3 rings (SSSR count). The van der Waals surface area contributed by atoms with Gasteiger partial charge in [-0.3, -0.25) is 4.79 Å². The smallest absolute Gasteiger partial charge is 0.258 e. The van der Waals surface area contributed by atoms with E-state index in [2.05, 4.69) is 14.9 Å². The van der Waals surface area contributed by atoms with Gasteiger partial charge in [-0.1, -0.05) is 0 Å². The maximum Gasteiger partial charge on any atom is 0.258 e. The Labute approximate surface area is 122 Å². The number of aromatic nitrogens is 2. The number of fused-ring (bicyclic) bond motifs is 1. The molecule has 1 fully saturated rings. The van der Waals surface area contributed by atoms with Gasteiger partial charge in [-0.25, -0.2) is 4.98 Å². The Morgan fingerprint density at radius 3 is 3.19 bits per heavy atom. The number of likely N-dealkylation sites (tertiary alicyclic amines) is 1. The van der Waals surface area contributed by atoms with Gasteiger partial charge < -0.3 is 19.7 Å². The molecule has 1 atom stereocenters. The van der Waals surface area contributed by atoms with Crippen molar-refractivity contribution in [2.45, 2.75) is 18.9 Å². The maximum absolute atomic E-state index is 11.7. The summed E-state index contributed by atoms with van der Waals surface area (Å²) in [5.74, 6) is 0.683. The molecule has 21 heavy (non-hydrogen) atoms. The highest BCUT2D eigenvalue weighted by Gasteiger charge is 2.19. The lowest BCUT2D eigenvalue weighted by Gasteiger charge is -2.14. The Hall–Kier alpha value is -1.92. The van der Waals surface area contributed by atoms with Gasteiger partial charge in [0, 0.05) is 19.6 Å². The Morgan fingerprint density at radius 1 is 1.48 bits per heavy atom. The van der Waals surface area contributed by atoms with Crippen molar-refractivity contribution in [1.29, 1.82) is 0 Å². The zero-order valence-corrected chi connectivity index (χ0v) is 11.8. The molecule has 0 saturated carbocycles. The van der Waals surface area contributed by atoms with Crippen LogP contribution in [0.3, 0.4) is 0 Å². The number of hydrogen-bond acceptors (Lipinski definition) is 5. The standard InChI is InChI=1S/C15H19N3O3/c19-11-4-6-18(9-11)5-1-7-21-12-2-3-14-13(8-12)15(20)17-10-16-14/h2-3,8,10-11,19H,1,4-7,9H2,(H,16,17,20)/t11-/m1/s1. The minimum absolute atomic E-state index is 0.156. The van der Waals surface area contributed by atoms with Crippen molar-refractivity contribution in [3.63, 3.8) is 0 Å². The van der Waals surface area contributed by atoms with Gasteiger partial charge in [0.1, 0.15) is 5.75 Å². The van der Waals surface area contributed by atoms with Crippen LogP contribution in [0, 0.1) is 0 Å². The lowest BCUT2D eigenvalue weighted by molar-refractivity contribution is 0.173. The number of nitrogens with zero attached hydrogens (tertiary/aromatic N) is 2. The van der Waals surface area contributed by atoms with E-state index in [9.17, 15) is 9.90 Å². The molecule has 2 heterocycles. The van der Waals surface area contributed by atoms with Crippen molar-refractivity contribution >= 4 is 10.9 Å². The van der Waals surface area contributed by atoms with Crippen molar-refractivity contribution < 1.29 is 9.84 Å². The highest BCUT2D eigenvalue weighted by Crippen LogP contribution is 2.16. The monoisotopic (exact) mass is 289 g/mol. The predicted octanol–water partition coefficient (Wildman–Crippen LogP) is 0.759. The van der Waals surface area contributed by atoms with Crippen LogP contribution < -0.4 is 10.3 Å². The summed E-state index contributed by atoms with van der Waals surface area (Å²) >= 11 is 0. The van der Waals surface area contributed by atoms with E-state index < -0.39 is 0 Å². The third-order valence-corrected chi connectivity index (χ3v) is 3.75. The zero-order chi connectivity index (χ0) is 14.7. The lowest BCUT2D eigenvalue weighted by atomic mass is 10.2. The summed E-state index contributed by atoms with van der Waals surface area (Å²) in [5.41, 5.74) is 0.508. The van der Waals surface area contributed by atoms with E-state index in [-0.39, 0.29) is 11.7 Å². The lowest BCUT2D eigenvalue weighted by Crippen LogP contribution is -2.24. The first-order valence-corrected chi connectivity index (χ1v) is 7.23. The minimum Gasteiger partial charge on any atom is -0.494 e. The van der Waals surface area contributed by atoms with Gasteiger partial charge in [0.15, 0.2) is 0 Å². The van der Waals surface area contributed by atoms with Crippen LogP contribution in [-0.2, 0) is 0 Å². The Morgan fingerprint density at radius 2 is 2.38 bits per heavy atom. The first-order chi connectivity index (χ1) is 10.2. The van der Waals surface area contributed by atoms with Crippen LogP contribution in [0.15, 0.2) is 29.3 Å². The summed E-state index contributed by atoms with van der Waals surface area (Å²) in [4.78, 5) is 20.6. The third-order valence-electron chi connectivity index (χ3n) is 3.75. The summed E-state index contributed by atoms with van der Waals surface area (Å²) in [6.07, 6.45) is 2.98. The molecule has 0 amide bonds. The van der Waals surface area contributed by atoms with E-state index in [1.165, 1.54) is 6.33 Å². The molecule has 1 aromatic heterocycles. The minimum atomic E-state index is -0.175. The number of rotatable bonds is 5. The van der Waals surface area contributed by atoms with Crippen molar-refractivity contribution in [2.75, 3.05) is 26.2 Å². The predicted molar refractivity (Wildman–Crippen MR) is 79.5 cm³/mol. The van der Waals surface area contributed by atoms with Crippen molar-refractivity contribution in [2.24, 2.45) is 0 Å². The van der Waals surface area contributed by atoms with Crippen LogP contribution in [0.1, 0.15) is 12.8 Å². The number of ether oxygens (including phenoxy) is 1. The highest BCUT2D eigenvalue weighted by molar-refractivity contribution is 5.78. The summed E-state index contributed by atoms with van der Waals surface area (Å²) < 4.78 is 5.69. The molecule has 1 aliphatic heterocycles. The summed E-state index contributed by atoms with van der Waals surface area (Å²) in [5, 5.41) is 9.99. The van der Waals surface area contributed by atoms with Gasteiger partial charge in [0.2, 0.25) is 0 Å². The van der Waals surface area contributed by atoms with E-state index in [0.717, 1.165) is 32.5 Å². The molecular formula is C15H19N3O3. The topological polar surface area (TPSA) is 78.5 Å². The van der Waals surface area contributed by atoms with Crippen LogP contribution in [0.2, 0.25) is 0 Å². The molecule has 2 aromatic rings. The van der Waals surface area contributed by atoms with Crippen molar-refractivity contribution in [3.8, 4) is 5.75 Å². The molecule has 6 heteroatoms. The number of β-amino-alcohol motifs (C(OH)–C–C–N with tert-alkyl or cyclic N) is 1. The summed E-state index contributed by atoms with van der Waals surface area (Å²) in [6.45, 7) is 3.23. The van der Waals surface area contributed by atoms with Gasteiger partial charge >= 0.3 is 0 Å². The number of nitrogens with one attached hydrogen (secondary N) is 1. The van der Waals surface area contributed by atoms with Gasteiger partial charge in [0.05, 0.1) is 29.9 Å². The van der Waals surface area contributed by atoms with Crippen LogP contribution in [0.25, 0.3) is 10.9 Å². The molecule has 1 aromatic carbocycles. The number of aliphatic hydroxyl groups is 1. The zero-order valence-electron chi connectivity index (χ0n) is 11.8. The second-order valence-corrected chi connectivity index (χ2v) is 5.36. The SMILES string of the molecule is O=c1[nH]cnc2ccc(OCCCN3CC[C@@H](O)C3)cc12. The number of hydrogen-bond donors (Lipinski definition) is 2. The third kappa shape index (κ3) is 3.40. The largest absolute Gasteiger partial charge is 0.494 e. The van der Waals surface area contributed by atoms with Crippen LogP contribution >= 0.6 is 0 Å². The van der Waals surface area contributed by atoms with Gasteiger partial charge in [-0.15, -0.1) is 0 Å². The average Bonchev–Trinajstić information content (AvgIpc) is 2.90. The fourth-order valence-corrected chi connectivity index (χ4v) is 2.63. The molecule has 0 spiro atoms. The van der Waals surface area contributed by atoms with E-state index in [4.69, 9.17) is 4.74 Å². The van der Waals surface area contributed by atoms with E-state index in [0.29, 0.717) is 23.3 Å². The molecular weight excluding hydrogens is 270 g/mol. The van der Waals surface area contributed by atoms with Gasteiger partial charge in [-0.2, -0.15) is 0 Å². The number of H-pyrrole nitrogens is 1. The fraction of sp³-hybridized carbons (Fsp3) is 0.467. The number of aliphatic hydroxyl groups excluding tert-OH is 1. The van der Waals surface area contributed by atoms with Crippen LogP contribution in [-0.4, -0.2) is 52.3 Å². The molecule has 0 radical (unpaired) electrons. The molecule has 112 valence electrons. The molecule has 2 N–H and O–H groups in total. The second-order valence-electron chi connectivity index (χ2n) is 5.36. The Bertz CT molecular complexity index is 671. The second kappa shape index (κ2) is 6.24. The molecule has 1 saturated heterocycles. The maximum atomic E-state index is 11.7. The fourth-order valence-electron chi connectivity index (χ4n) is 2.63. The first-order valence-electron chi connectivity index (χ1n) is 7.23. The molecule has 1 aliphatic rings. The quantitative estimate of drug-likeness (QED) is 0.795. The van der Waals surface area contributed by atoms with Crippen LogP contribution in [0.4, 0.5) is 0 Å². The van der Waals surface area contributed by atoms with Gasteiger partial charge in [-0.05, 0) is 31.0 Å². The Balaban J connectivity index is 1.53. The molecule has 0 aliphatic carbocycles. The number of aromatic amines is 1. The van der Waals surface area contributed by atoms with E-state index in [1.54, 1.807) is 12.1 Å². The van der Waals surface area contributed by atoms with Crippen molar-refractivity contribution in [1.82, 2.24) is 14.9 Å². The van der Waals surface area contributed by atoms with Gasteiger partial charge in [0.25, 0.3) is 5.56 Å². The Kier molecular flexibility index (Phi) is 4.17. The number of benzene rings is 1. The summed E-state index contributed by atoms with van der Waals surface area (Å²) in [7, 11) is 0. The molecule has 6 nitrogen and oxygen atoms in total. The molecule has 0 unspecified atom stereocenters. The first kappa shape index (κ1) is 14.0. The molecule has 0 bridgehead atoms. The van der Waals surface area contributed by atoms with Crippen LogP contribution in [0.5, 0.6) is 5.75 Å². The average molecular weight is 289 g/mol. The van der Waals surface area contributed by atoms with E-state index in [1.807, 2.05) is 6.07 Å². The highest BCUT2D eigenvalue weighted by atomic mass is 16.5.